The van der Waals surface area contributed by atoms with Gasteiger partial charge in [0, 0.05) is 17.6 Å². The van der Waals surface area contributed by atoms with Crippen LogP contribution >= 0.6 is 0 Å². The van der Waals surface area contributed by atoms with Gasteiger partial charge in [-0.2, -0.15) is 9.78 Å². The molecule has 0 saturated carbocycles. The second kappa shape index (κ2) is 8.99. The van der Waals surface area contributed by atoms with Gasteiger partial charge in [-0.3, -0.25) is 20.7 Å². The summed E-state index contributed by atoms with van der Waals surface area (Å²) in [5, 5.41) is 21.4. The first-order valence-corrected chi connectivity index (χ1v) is 8.90. The van der Waals surface area contributed by atoms with Crippen LogP contribution in [-0.4, -0.2) is 59.9 Å². The zero-order valence-corrected chi connectivity index (χ0v) is 16.6. The highest BCUT2D eigenvalue weighted by Gasteiger charge is 2.08. The smallest absolute Gasteiger partial charge is 0.162 e. The third-order valence-corrected chi connectivity index (χ3v) is 3.98. The molecule has 0 aliphatic carbocycles. The molecule has 0 aliphatic rings. The fourth-order valence-electron chi connectivity index (χ4n) is 2.55. The molecule has 0 unspecified atom stereocenters. The maximum Gasteiger partial charge on any atom is 0.162 e. The van der Waals surface area contributed by atoms with Crippen LogP contribution < -0.4 is 15.0 Å². The third kappa shape index (κ3) is 4.97. The van der Waals surface area contributed by atoms with E-state index in [0.717, 1.165) is 10.9 Å². The van der Waals surface area contributed by atoms with E-state index in [1.165, 1.54) is 4.68 Å². The van der Waals surface area contributed by atoms with Crippen molar-refractivity contribution < 1.29 is 9.47 Å². The summed E-state index contributed by atoms with van der Waals surface area (Å²) in [5.74, 6) is 7.27. The molecule has 0 atom stereocenters. The molecule has 3 rings (SSSR count). The average Bonchev–Trinajstić information content (AvgIpc) is 2.72. The van der Waals surface area contributed by atoms with Gasteiger partial charge < -0.3 is 9.47 Å². The molecule has 8 nitrogen and oxygen atoms in total. The highest BCUT2D eigenvalue weighted by molar-refractivity contribution is 5.87. The van der Waals surface area contributed by atoms with Gasteiger partial charge in [0.05, 0.1) is 19.2 Å². The number of hydrogen-bond acceptors (Lipinski definition) is 7. The van der Waals surface area contributed by atoms with Crippen LogP contribution in [0.4, 0.5) is 0 Å². The van der Waals surface area contributed by atoms with Crippen molar-refractivity contribution in [3.05, 3.63) is 53.8 Å². The number of hydrogen-bond donors (Lipinski definition) is 2. The average molecular weight is 390 g/mol. The number of benzene rings is 1. The van der Waals surface area contributed by atoms with Crippen molar-refractivity contribution in [2.45, 2.75) is 0 Å². The molecule has 0 bridgehead atoms. The maximum atomic E-state index is 8.30. The lowest BCUT2D eigenvalue weighted by Gasteiger charge is -2.11. The summed E-state index contributed by atoms with van der Waals surface area (Å²) in [5.41, 5.74) is 1.31. The highest BCUT2D eigenvalue weighted by atomic mass is 16.5. The quantitative estimate of drug-likeness (QED) is 0.393. The molecule has 0 spiro atoms. The minimum Gasteiger partial charge on any atom is -0.497 e. The van der Waals surface area contributed by atoms with Gasteiger partial charge in [0.2, 0.25) is 0 Å². The Morgan fingerprint density at radius 3 is 2.79 bits per heavy atom. The summed E-state index contributed by atoms with van der Waals surface area (Å²) in [7, 11) is 5.46. The Kier molecular flexibility index (Phi) is 6.22. The molecule has 2 heterocycles. The third-order valence-electron chi connectivity index (χ3n) is 3.98. The summed E-state index contributed by atoms with van der Waals surface area (Å²) in [4.78, 5) is 6.27. The van der Waals surface area contributed by atoms with E-state index < -0.39 is 0 Å². The van der Waals surface area contributed by atoms with E-state index in [1.807, 2.05) is 37.2 Å². The van der Waals surface area contributed by atoms with Crippen molar-refractivity contribution in [3.8, 4) is 23.3 Å². The summed E-state index contributed by atoms with van der Waals surface area (Å²) in [6, 6.07) is 10.5. The van der Waals surface area contributed by atoms with E-state index in [0.29, 0.717) is 23.7 Å². The van der Waals surface area contributed by atoms with Crippen molar-refractivity contribution in [1.82, 2.24) is 19.7 Å². The number of ether oxygens (including phenoxy) is 2. The highest BCUT2D eigenvalue weighted by Crippen LogP contribution is 2.26. The molecule has 29 heavy (non-hydrogen) atoms. The van der Waals surface area contributed by atoms with Crippen LogP contribution in [0.25, 0.3) is 10.9 Å². The Bertz CT molecular complexity index is 1160. The molecular weight excluding hydrogens is 368 g/mol. The second-order valence-electron chi connectivity index (χ2n) is 6.48. The fourth-order valence-corrected chi connectivity index (χ4v) is 2.55. The lowest BCUT2D eigenvalue weighted by atomic mass is 10.2. The van der Waals surface area contributed by atoms with E-state index >= 15 is 0 Å². The predicted molar refractivity (Wildman–Crippen MR) is 110 cm³/mol. The van der Waals surface area contributed by atoms with E-state index in [-0.39, 0.29) is 17.9 Å². The number of pyridine rings is 1. The van der Waals surface area contributed by atoms with Crippen LogP contribution in [0.2, 0.25) is 0 Å². The Morgan fingerprint density at radius 2 is 2.03 bits per heavy atom. The van der Waals surface area contributed by atoms with Crippen LogP contribution in [0.5, 0.6) is 11.5 Å². The normalized spacial score (nSPS) is 10.5. The van der Waals surface area contributed by atoms with Crippen LogP contribution in [0.3, 0.4) is 0 Å². The van der Waals surface area contributed by atoms with Gasteiger partial charge in [0.1, 0.15) is 29.3 Å². The number of methoxy groups -OCH3 is 1. The van der Waals surface area contributed by atoms with Crippen molar-refractivity contribution in [1.29, 1.82) is 10.8 Å². The number of rotatable bonds is 5. The number of nitrogens with zero attached hydrogens (tertiary/aromatic N) is 4. The Labute approximate surface area is 168 Å². The zero-order chi connectivity index (χ0) is 20.8. The molecule has 0 saturated heterocycles. The molecule has 0 fully saturated rings. The van der Waals surface area contributed by atoms with E-state index in [2.05, 4.69) is 21.9 Å². The second-order valence-corrected chi connectivity index (χ2v) is 6.48. The minimum absolute atomic E-state index is 0.0322. The van der Waals surface area contributed by atoms with Gasteiger partial charge in [0.25, 0.3) is 0 Å². The number of fused-ring (bicyclic) bond motifs is 1. The van der Waals surface area contributed by atoms with E-state index in [4.69, 9.17) is 20.3 Å². The van der Waals surface area contributed by atoms with E-state index in [1.54, 1.807) is 31.5 Å². The fraction of sp³-hybridized carbons (Fsp3) is 0.238. The first kappa shape index (κ1) is 20.0. The molecule has 0 amide bonds. The molecule has 3 aromatic rings. The predicted octanol–water partition coefficient (Wildman–Crippen LogP) is 1.74. The van der Waals surface area contributed by atoms with Crippen LogP contribution in [-0.2, 0) is 0 Å². The number of nitrogens with one attached hydrogen (secondary N) is 2. The zero-order valence-electron chi connectivity index (χ0n) is 16.6. The Morgan fingerprint density at radius 1 is 1.21 bits per heavy atom. The molecule has 0 radical (unpaired) electrons. The van der Waals surface area contributed by atoms with Crippen LogP contribution in [0, 0.1) is 22.7 Å². The molecule has 0 aliphatic heterocycles. The topological polar surface area (TPSA) is 100 Å². The SMILES string of the molecule is COc1ccc2c(OCC(=N)n3nc(C#CCN(C)C)ccc3=N)ccnc2c1. The number of aromatic nitrogens is 3. The molecule has 2 N–H and O–H groups in total. The molecule has 2 aromatic heterocycles. The first-order valence-electron chi connectivity index (χ1n) is 8.90. The minimum atomic E-state index is -0.0523. The van der Waals surface area contributed by atoms with Gasteiger partial charge in [-0.1, -0.05) is 5.92 Å². The maximum absolute atomic E-state index is 8.30. The van der Waals surface area contributed by atoms with E-state index in [9.17, 15) is 0 Å². The lowest BCUT2D eigenvalue weighted by Crippen LogP contribution is -2.32. The summed E-state index contributed by atoms with van der Waals surface area (Å²) >= 11 is 0. The van der Waals surface area contributed by atoms with Crippen molar-refractivity contribution in [2.24, 2.45) is 0 Å². The summed E-state index contributed by atoms with van der Waals surface area (Å²) < 4.78 is 12.3. The van der Waals surface area contributed by atoms with Crippen molar-refractivity contribution >= 4 is 16.7 Å². The summed E-state index contributed by atoms with van der Waals surface area (Å²) in [6.45, 7) is 0.550. The monoisotopic (exact) mass is 390 g/mol. The van der Waals surface area contributed by atoms with Crippen molar-refractivity contribution in [2.75, 3.05) is 34.4 Å². The van der Waals surface area contributed by atoms with Crippen LogP contribution in [0.1, 0.15) is 5.69 Å². The molecule has 1 aromatic carbocycles. The lowest BCUT2D eigenvalue weighted by molar-refractivity contribution is 0.373. The standard InChI is InChI=1S/C21H22N6O2/c1-26(2)12-4-5-15-6-9-20(22)27(25-15)21(23)14-29-19-10-11-24-18-13-16(28-3)7-8-17(18)19/h6-11,13,22-23H,12,14H2,1-3H3. The van der Waals surface area contributed by atoms with Gasteiger partial charge >= 0.3 is 0 Å². The molecule has 8 heteroatoms. The van der Waals surface area contributed by atoms with Crippen LogP contribution in [0.15, 0.2) is 42.6 Å². The van der Waals surface area contributed by atoms with Gasteiger partial charge in [-0.15, -0.1) is 0 Å². The Hall–Kier alpha value is -3.70. The first-order chi connectivity index (χ1) is 14.0. The molecule has 148 valence electrons. The van der Waals surface area contributed by atoms with Crippen molar-refractivity contribution in [3.63, 3.8) is 0 Å². The molecular formula is C21H22N6O2. The largest absolute Gasteiger partial charge is 0.497 e. The van der Waals surface area contributed by atoms with Gasteiger partial charge in [-0.05, 0) is 50.3 Å². The van der Waals surface area contributed by atoms with Gasteiger partial charge in [-0.25, -0.2) is 0 Å². The van der Waals surface area contributed by atoms with Gasteiger partial charge in [0.15, 0.2) is 5.84 Å². The summed E-state index contributed by atoms with van der Waals surface area (Å²) in [6.07, 6.45) is 1.64. The Balaban J connectivity index is 1.78.